The van der Waals surface area contributed by atoms with E-state index in [0.717, 1.165) is 30.0 Å². The highest BCUT2D eigenvalue weighted by atomic mass is 16.4. The molecule has 5 nitrogen and oxygen atoms in total. The summed E-state index contributed by atoms with van der Waals surface area (Å²) in [5.74, 6) is 1.51. The predicted molar refractivity (Wildman–Crippen MR) is 78.9 cm³/mol. The SMILES string of the molecule is Cc1cc(C)c(/C(N)=N/O)c(N(C)CCC(C)C)n1. The molecule has 19 heavy (non-hydrogen) atoms. The Morgan fingerprint density at radius 1 is 1.47 bits per heavy atom. The molecule has 0 amide bonds. The first-order valence-electron chi connectivity index (χ1n) is 6.54. The number of hydrogen-bond donors (Lipinski definition) is 2. The van der Waals surface area contributed by atoms with Gasteiger partial charge in [0.05, 0.1) is 5.56 Å². The molecule has 0 radical (unpaired) electrons. The first kappa shape index (κ1) is 15.3. The van der Waals surface area contributed by atoms with E-state index >= 15 is 0 Å². The van der Waals surface area contributed by atoms with E-state index < -0.39 is 0 Å². The van der Waals surface area contributed by atoms with Crippen molar-refractivity contribution in [2.45, 2.75) is 34.1 Å². The third-order valence-corrected chi connectivity index (χ3v) is 3.09. The zero-order valence-electron chi connectivity index (χ0n) is 12.4. The van der Waals surface area contributed by atoms with Crippen molar-refractivity contribution in [3.8, 4) is 0 Å². The topological polar surface area (TPSA) is 74.7 Å². The molecule has 1 aromatic rings. The van der Waals surface area contributed by atoms with Gasteiger partial charge in [-0.25, -0.2) is 4.98 Å². The van der Waals surface area contributed by atoms with Crippen molar-refractivity contribution in [2.24, 2.45) is 16.8 Å². The van der Waals surface area contributed by atoms with Gasteiger partial charge < -0.3 is 15.8 Å². The maximum atomic E-state index is 8.92. The van der Waals surface area contributed by atoms with Crippen LogP contribution >= 0.6 is 0 Å². The van der Waals surface area contributed by atoms with Crippen molar-refractivity contribution >= 4 is 11.7 Å². The minimum Gasteiger partial charge on any atom is -0.409 e. The Hall–Kier alpha value is -1.78. The summed E-state index contributed by atoms with van der Waals surface area (Å²) < 4.78 is 0. The molecule has 0 aliphatic heterocycles. The Kier molecular flexibility index (Phi) is 5.15. The number of aromatic nitrogens is 1. The summed E-state index contributed by atoms with van der Waals surface area (Å²) in [7, 11) is 1.98. The summed E-state index contributed by atoms with van der Waals surface area (Å²) in [4.78, 5) is 6.60. The van der Waals surface area contributed by atoms with Gasteiger partial charge in [-0.05, 0) is 37.8 Å². The first-order chi connectivity index (χ1) is 8.86. The van der Waals surface area contributed by atoms with Crippen LogP contribution in [0.25, 0.3) is 0 Å². The molecule has 0 saturated carbocycles. The van der Waals surface area contributed by atoms with Crippen molar-refractivity contribution in [1.82, 2.24) is 4.98 Å². The van der Waals surface area contributed by atoms with Gasteiger partial charge >= 0.3 is 0 Å². The summed E-state index contributed by atoms with van der Waals surface area (Å²) in [6, 6.07) is 1.94. The van der Waals surface area contributed by atoms with Crippen molar-refractivity contribution in [2.75, 3.05) is 18.5 Å². The number of pyridine rings is 1. The molecule has 0 aromatic carbocycles. The fourth-order valence-corrected chi connectivity index (χ4v) is 2.02. The lowest BCUT2D eigenvalue weighted by Gasteiger charge is -2.23. The van der Waals surface area contributed by atoms with Crippen LogP contribution in [0, 0.1) is 19.8 Å². The van der Waals surface area contributed by atoms with Crippen LogP contribution in [0.1, 0.15) is 37.1 Å². The lowest BCUT2D eigenvalue weighted by molar-refractivity contribution is 0.318. The highest BCUT2D eigenvalue weighted by Crippen LogP contribution is 2.22. The lowest BCUT2D eigenvalue weighted by atomic mass is 10.1. The molecule has 3 N–H and O–H groups in total. The molecule has 0 atom stereocenters. The van der Waals surface area contributed by atoms with Gasteiger partial charge in [-0.15, -0.1) is 0 Å². The van der Waals surface area contributed by atoms with E-state index in [9.17, 15) is 0 Å². The fraction of sp³-hybridized carbons (Fsp3) is 0.571. The third kappa shape index (κ3) is 3.84. The maximum absolute atomic E-state index is 8.92. The molecule has 5 heteroatoms. The molecular weight excluding hydrogens is 240 g/mol. The van der Waals surface area contributed by atoms with E-state index in [1.807, 2.05) is 27.0 Å². The van der Waals surface area contributed by atoms with Crippen LogP contribution in [0.15, 0.2) is 11.2 Å². The molecule has 106 valence electrons. The summed E-state index contributed by atoms with van der Waals surface area (Å²) >= 11 is 0. The minimum atomic E-state index is 0.108. The number of amidine groups is 1. The quantitative estimate of drug-likeness (QED) is 0.370. The van der Waals surface area contributed by atoms with Gasteiger partial charge in [0.15, 0.2) is 5.84 Å². The molecule has 0 saturated heterocycles. The second-order valence-electron chi connectivity index (χ2n) is 5.37. The van der Waals surface area contributed by atoms with E-state index in [0.29, 0.717) is 11.5 Å². The Bertz CT molecular complexity index is 469. The molecule has 0 aliphatic rings. The molecular formula is C14H24N4O. The summed E-state index contributed by atoms with van der Waals surface area (Å²) in [5.41, 5.74) is 8.38. The van der Waals surface area contributed by atoms with E-state index in [1.54, 1.807) is 0 Å². The summed E-state index contributed by atoms with van der Waals surface area (Å²) in [6.07, 6.45) is 1.07. The molecule has 1 aromatic heterocycles. The van der Waals surface area contributed by atoms with E-state index in [4.69, 9.17) is 10.9 Å². The highest BCUT2D eigenvalue weighted by Gasteiger charge is 2.16. The largest absolute Gasteiger partial charge is 0.409 e. The van der Waals surface area contributed by atoms with Crippen LogP contribution in [0.5, 0.6) is 0 Å². The van der Waals surface area contributed by atoms with Gasteiger partial charge in [-0.2, -0.15) is 0 Å². The maximum Gasteiger partial charge on any atom is 0.174 e. The van der Waals surface area contributed by atoms with Gasteiger partial charge in [0, 0.05) is 19.3 Å². The van der Waals surface area contributed by atoms with Crippen molar-refractivity contribution in [3.05, 3.63) is 22.9 Å². The number of hydrogen-bond acceptors (Lipinski definition) is 4. The van der Waals surface area contributed by atoms with Gasteiger partial charge in [0.25, 0.3) is 0 Å². The molecule has 0 aliphatic carbocycles. The Labute approximate surface area is 115 Å². The zero-order valence-corrected chi connectivity index (χ0v) is 12.4. The molecule has 1 heterocycles. The van der Waals surface area contributed by atoms with Crippen LogP contribution in [-0.4, -0.2) is 29.6 Å². The average Bonchev–Trinajstić information content (AvgIpc) is 2.34. The van der Waals surface area contributed by atoms with E-state index in [2.05, 4.69) is 28.9 Å². The minimum absolute atomic E-state index is 0.108. The molecule has 1 rings (SSSR count). The van der Waals surface area contributed by atoms with Crippen LogP contribution in [-0.2, 0) is 0 Å². The third-order valence-electron chi connectivity index (χ3n) is 3.09. The number of nitrogens with zero attached hydrogens (tertiary/aromatic N) is 3. The van der Waals surface area contributed by atoms with E-state index in [-0.39, 0.29) is 5.84 Å². The molecule has 0 fully saturated rings. The van der Waals surface area contributed by atoms with Crippen LogP contribution in [0.2, 0.25) is 0 Å². The molecule has 0 unspecified atom stereocenters. The molecule has 0 bridgehead atoms. The summed E-state index contributed by atoms with van der Waals surface area (Å²) in [5, 5.41) is 12.0. The first-order valence-corrected chi connectivity index (χ1v) is 6.54. The standard InChI is InChI=1S/C14H24N4O/c1-9(2)6-7-18(5)14-12(13(15)17-19)10(3)8-11(4)16-14/h8-9,19H,6-7H2,1-5H3,(H2,15,17). The zero-order chi connectivity index (χ0) is 14.6. The normalized spacial score (nSPS) is 12.0. The van der Waals surface area contributed by atoms with Crippen molar-refractivity contribution in [1.29, 1.82) is 0 Å². The Balaban J connectivity index is 3.17. The number of aryl methyl sites for hydroxylation is 2. The van der Waals surface area contributed by atoms with Gasteiger partial charge in [0.1, 0.15) is 5.82 Å². The van der Waals surface area contributed by atoms with Gasteiger partial charge in [-0.3, -0.25) is 0 Å². The number of nitrogens with two attached hydrogens (primary N) is 1. The molecule has 0 spiro atoms. The van der Waals surface area contributed by atoms with Gasteiger partial charge in [-0.1, -0.05) is 19.0 Å². The number of oxime groups is 1. The van der Waals surface area contributed by atoms with E-state index in [1.165, 1.54) is 0 Å². The smallest absolute Gasteiger partial charge is 0.174 e. The van der Waals surface area contributed by atoms with Crippen LogP contribution < -0.4 is 10.6 Å². The van der Waals surface area contributed by atoms with Crippen LogP contribution in [0.3, 0.4) is 0 Å². The Morgan fingerprint density at radius 2 is 2.11 bits per heavy atom. The number of anilines is 1. The van der Waals surface area contributed by atoms with Crippen molar-refractivity contribution < 1.29 is 5.21 Å². The lowest BCUT2D eigenvalue weighted by Crippen LogP contribution is -2.27. The second kappa shape index (κ2) is 6.41. The predicted octanol–water partition coefficient (Wildman–Crippen LogP) is 2.28. The average molecular weight is 264 g/mol. The van der Waals surface area contributed by atoms with Gasteiger partial charge in [0.2, 0.25) is 0 Å². The monoisotopic (exact) mass is 264 g/mol. The Morgan fingerprint density at radius 3 is 2.63 bits per heavy atom. The van der Waals surface area contributed by atoms with Crippen molar-refractivity contribution in [3.63, 3.8) is 0 Å². The number of rotatable bonds is 5. The second-order valence-corrected chi connectivity index (χ2v) is 5.37. The highest BCUT2D eigenvalue weighted by molar-refractivity contribution is 6.02. The summed E-state index contributed by atoms with van der Waals surface area (Å²) in [6.45, 7) is 9.16. The van der Waals surface area contributed by atoms with Crippen LogP contribution in [0.4, 0.5) is 5.82 Å². The fourth-order valence-electron chi connectivity index (χ4n) is 2.02.